The van der Waals surface area contributed by atoms with Crippen LogP contribution in [-0.4, -0.2) is 15.9 Å². The quantitative estimate of drug-likeness (QED) is 0.713. The van der Waals surface area contributed by atoms with Crippen LogP contribution in [0.4, 0.5) is 0 Å². The van der Waals surface area contributed by atoms with Crippen LogP contribution in [0.3, 0.4) is 0 Å². The number of rotatable bonds is 3. The minimum Gasteiger partial charge on any atom is -0.288 e. The summed E-state index contributed by atoms with van der Waals surface area (Å²) in [6.07, 6.45) is 4.50. The molecule has 1 rings (SSSR count). The van der Waals surface area contributed by atoms with Crippen LogP contribution in [0.15, 0.2) is 24.5 Å². The molecule has 0 bridgehead atoms. The van der Waals surface area contributed by atoms with Crippen LogP contribution in [-0.2, 0) is 11.2 Å². The predicted molar refractivity (Wildman–Crippen MR) is 51.1 cm³/mol. The number of nitrogens with zero attached hydrogens (tertiary/aromatic N) is 1. The van der Waals surface area contributed by atoms with Crippen molar-refractivity contribution >= 4 is 16.9 Å². The number of aryl methyl sites for hydroxylation is 1. The van der Waals surface area contributed by atoms with Gasteiger partial charge in [0, 0.05) is 25.1 Å². The van der Waals surface area contributed by atoms with Gasteiger partial charge in [-0.3, -0.25) is 9.78 Å². The SMILES string of the molecule is CC(=O)SCCc1cccnc1. The number of hydrogen-bond donors (Lipinski definition) is 0. The van der Waals surface area contributed by atoms with Crippen molar-refractivity contribution in [2.24, 2.45) is 0 Å². The summed E-state index contributed by atoms with van der Waals surface area (Å²) in [4.78, 5) is 14.6. The Morgan fingerprint density at radius 2 is 2.50 bits per heavy atom. The monoisotopic (exact) mass is 181 g/mol. The first-order valence-electron chi connectivity index (χ1n) is 3.81. The fourth-order valence-electron chi connectivity index (χ4n) is 0.859. The van der Waals surface area contributed by atoms with Gasteiger partial charge < -0.3 is 0 Å². The summed E-state index contributed by atoms with van der Waals surface area (Å²) in [6, 6.07) is 3.93. The average molecular weight is 181 g/mol. The molecule has 0 aliphatic heterocycles. The Balaban J connectivity index is 2.29. The zero-order chi connectivity index (χ0) is 8.81. The minimum atomic E-state index is 0.180. The molecule has 0 radical (unpaired) electrons. The zero-order valence-electron chi connectivity index (χ0n) is 6.99. The van der Waals surface area contributed by atoms with E-state index in [-0.39, 0.29) is 5.12 Å². The van der Waals surface area contributed by atoms with Crippen molar-refractivity contribution in [3.63, 3.8) is 0 Å². The molecule has 1 aromatic heterocycles. The zero-order valence-corrected chi connectivity index (χ0v) is 7.80. The molecule has 12 heavy (non-hydrogen) atoms. The highest BCUT2D eigenvalue weighted by molar-refractivity contribution is 8.13. The van der Waals surface area contributed by atoms with E-state index in [1.807, 2.05) is 18.3 Å². The largest absolute Gasteiger partial charge is 0.288 e. The molecule has 64 valence electrons. The van der Waals surface area contributed by atoms with E-state index < -0.39 is 0 Å². The van der Waals surface area contributed by atoms with Gasteiger partial charge in [0.25, 0.3) is 0 Å². The molecule has 1 heterocycles. The Bertz CT molecular complexity index is 248. The molecular weight excluding hydrogens is 170 g/mol. The van der Waals surface area contributed by atoms with Gasteiger partial charge in [0.15, 0.2) is 5.12 Å². The first-order valence-corrected chi connectivity index (χ1v) is 4.80. The standard InChI is InChI=1S/C9H11NOS/c1-8(11)12-6-4-9-3-2-5-10-7-9/h2-3,5,7H,4,6H2,1H3. The third-order valence-corrected chi connectivity index (χ3v) is 2.23. The number of carbonyl (C=O) groups excluding carboxylic acids is 1. The van der Waals surface area contributed by atoms with Crippen LogP contribution in [0.1, 0.15) is 12.5 Å². The molecule has 1 aromatic rings. The third kappa shape index (κ3) is 3.53. The molecule has 0 aliphatic rings. The Hall–Kier alpha value is -0.830. The lowest BCUT2D eigenvalue weighted by molar-refractivity contribution is -0.109. The number of thioether (sulfide) groups is 1. The summed E-state index contributed by atoms with van der Waals surface area (Å²) in [5.41, 5.74) is 1.19. The second-order valence-electron chi connectivity index (χ2n) is 2.45. The summed E-state index contributed by atoms with van der Waals surface area (Å²) in [6.45, 7) is 1.59. The highest BCUT2D eigenvalue weighted by Crippen LogP contribution is 2.05. The highest BCUT2D eigenvalue weighted by atomic mass is 32.2. The Morgan fingerprint density at radius 1 is 1.67 bits per heavy atom. The Kier molecular flexibility index (Phi) is 3.80. The third-order valence-electron chi connectivity index (χ3n) is 1.42. The first-order chi connectivity index (χ1) is 5.79. The number of pyridine rings is 1. The summed E-state index contributed by atoms with van der Waals surface area (Å²) in [5.74, 6) is 0.848. The van der Waals surface area contributed by atoms with Gasteiger partial charge in [0.2, 0.25) is 0 Å². The van der Waals surface area contributed by atoms with Crippen molar-refractivity contribution in [1.82, 2.24) is 4.98 Å². The lowest BCUT2D eigenvalue weighted by Crippen LogP contribution is -1.91. The first kappa shape index (κ1) is 9.26. The van der Waals surface area contributed by atoms with E-state index in [0.717, 1.165) is 12.2 Å². The predicted octanol–water partition coefficient (Wildman–Crippen LogP) is 1.90. The fraction of sp³-hybridized carbons (Fsp3) is 0.333. The maximum absolute atomic E-state index is 10.6. The van der Waals surface area contributed by atoms with Crippen LogP contribution in [0.5, 0.6) is 0 Å². The molecule has 0 fully saturated rings. The van der Waals surface area contributed by atoms with Crippen molar-refractivity contribution in [3.05, 3.63) is 30.1 Å². The molecule has 0 amide bonds. The van der Waals surface area contributed by atoms with E-state index in [9.17, 15) is 4.79 Å². The molecule has 0 saturated heterocycles. The van der Waals surface area contributed by atoms with E-state index in [1.54, 1.807) is 13.1 Å². The molecule has 2 nitrogen and oxygen atoms in total. The van der Waals surface area contributed by atoms with Gasteiger partial charge >= 0.3 is 0 Å². The lowest BCUT2D eigenvalue weighted by Gasteiger charge is -1.97. The van der Waals surface area contributed by atoms with Gasteiger partial charge in [-0.15, -0.1) is 0 Å². The van der Waals surface area contributed by atoms with E-state index in [1.165, 1.54) is 17.3 Å². The van der Waals surface area contributed by atoms with Crippen molar-refractivity contribution in [1.29, 1.82) is 0 Å². The number of carbonyl (C=O) groups is 1. The van der Waals surface area contributed by atoms with E-state index in [4.69, 9.17) is 0 Å². The average Bonchev–Trinajstić information content (AvgIpc) is 2.05. The highest BCUT2D eigenvalue weighted by Gasteiger charge is 1.95. The summed E-state index contributed by atoms with van der Waals surface area (Å²) in [5, 5.41) is 0.180. The fourth-order valence-corrected chi connectivity index (χ4v) is 1.48. The summed E-state index contributed by atoms with van der Waals surface area (Å²) >= 11 is 1.36. The Morgan fingerprint density at radius 3 is 3.08 bits per heavy atom. The van der Waals surface area contributed by atoms with Gasteiger partial charge in [-0.25, -0.2) is 0 Å². The molecule has 0 unspecified atom stereocenters. The lowest BCUT2D eigenvalue weighted by atomic mass is 10.2. The van der Waals surface area contributed by atoms with Gasteiger partial charge in [-0.2, -0.15) is 0 Å². The molecule has 3 heteroatoms. The van der Waals surface area contributed by atoms with E-state index in [0.29, 0.717) is 0 Å². The van der Waals surface area contributed by atoms with E-state index in [2.05, 4.69) is 4.98 Å². The normalized spacial score (nSPS) is 9.75. The number of aromatic nitrogens is 1. The van der Waals surface area contributed by atoms with Crippen LogP contribution >= 0.6 is 11.8 Å². The molecular formula is C9H11NOS. The van der Waals surface area contributed by atoms with E-state index >= 15 is 0 Å². The minimum absolute atomic E-state index is 0.180. The molecule has 0 atom stereocenters. The van der Waals surface area contributed by atoms with Crippen LogP contribution in [0.25, 0.3) is 0 Å². The molecule has 0 saturated carbocycles. The smallest absolute Gasteiger partial charge is 0.185 e. The van der Waals surface area contributed by atoms with Gasteiger partial charge in [0.1, 0.15) is 0 Å². The molecule has 0 N–H and O–H groups in total. The van der Waals surface area contributed by atoms with Gasteiger partial charge in [-0.1, -0.05) is 17.8 Å². The maximum Gasteiger partial charge on any atom is 0.185 e. The summed E-state index contributed by atoms with van der Waals surface area (Å²) in [7, 11) is 0. The topological polar surface area (TPSA) is 30.0 Å². The second-order valence-corrected chi connectivity index (χ2v) is 3.72. The molecule has 0 aliphatic carbocycles. The Labute approximate surface area is 76.4 Å². The van der Waals surface area contributed by atoms with Gasteiger partial charge in [-0.05, 0) is 18.1 Å². The van der Waals surface area contributed by atoms with Crippen LogP contribution in [0, 0.1) is 0 Å². The van der Waals surface area contributed by atoms with Crippen LogP contribution < -0.4 is 0 Å². The van der Waals surface area contributed by atoms with Crippen molar-refractivity contribution in [2.75, 3.05) is 5.75 Å². The molecule has 0 aromatic carbocycles. The molecule has 0 spiro atoms. The summed E-state index contributed by atoms with van der Waals surface area (Å²) < 4.78 is 0. The van der Waals surface area contributed by atoms with Gasteiger partial charge in [0.05, 0.1) is 0 Å². The maximum atomic E-state index is 10.6. The van der Waals surface area contributed by atoms with Crippen LogP contribution in [0.2, 0.25) is 0 Å². The van der Waals surface area contributed by atoms with Crippen molar-refractivity contribution < 1.29 is 4.79 Å². The van der Waals surface area contributed by atoms with Crippen molar-refractivity contribution in [2.45, 2.75) is 13.3 Å². The second kappa shape index (κ2) is 4.93. The van der Waals surface area contributed by atoms with Crippen molar-refractivity contribution in [3.8, 4) is 0 Å². The number of hydrogen-bond acceptors (Lipinski definition) is 3.